The van der Waals surface area contributed by atoms with E-state index in [0.717, 1.165) is 31.6 Å². The molecule has 0 radical (unpaired) electrons. The fraction of sp³-hybridized carbons (Fsp3) is 0.533. The summed E-state index contributed by atoms with van der Waals surface area (Å²) < 4.78 is 13.2. The Bertz CT molecular complexity index is 491. The molecule has 1 aliphatic heterocycles. The molecule has 19 heavy (non-hydrogen) atoms. The number of nitrogens with one attached hydrogen (secondary N) is 1. The molecule has 3 atom stereocenters. The Labute approximate surface area is 112 Å². The molecule has 102 valence electrons. The van der Waals surface area contributed by atoms with Gasteiger partial charge in [-0.3, -0.25) is 4.79 Å². The zero-order chi connectivity index (χ0) is 13.4. The van der Waals surface area contributed by atoms with E-state index in [9.17, 15) is 9.18 Å². The highest BCUT2D eigenvalue weighted by Crippen LogP contribution is 2.48. The van der Waals surface area contributed by atoms with Gasteiger partial charge in [-0.1, -0.05) is 12.1 Å². The summed E-state index contributed by atoms with van der Waals surface area (Å²) >= 11 is 0. The van der Waals surface area contributed by atoms with Crippen LogP contribution in [0.1, 0.15) is 24.8 Å². The summed E-state index contributed by atoms with van der Waals surface area (Å²) in [6, 6.07) is 7.00. The zero-order valence-corrected chi connectivity index (χ0v) is 11.1. The van der Waals surface area contributed by atoms with Crippen LogP contribution in [-0.4, -0.2) is 36.5 Å². The lowest BCUT2D eigenvalue weighted by Gasteiger charge is -2.32. The fourth-order valence-corrected chi connectivity index (χ4v) is 2.94. The number of benzene rings is 1. The number of piperazine rings is 1. The highest BCUT2D eigenvalue weighted by molar-refractivity contribution is 5.83. The predicted molar refractivity (Wildman–Crippen MR) is 71.3 cm³/mol. The van der Waals surface area contributed by atoms with Crippen LogP contribution in [0.2, 0.25) is 0 Å². The maximum absolute atomic E-state index is 13.2. The van der Waals surface area contributed by atoms with Gasteiger partial charge in [-0.15, -0.1) is 0 Å². The summed E-state index contributed by atoms with van der Waals surface area (Å²) in [5.74, 6) is 0.300. The van der Waals surface area contributed by atoms with Crippen LogP contribution in [0.15, 0.2) is 24.3 Å². The smallest absolute Gasteiger partial charge is 0.226 e. The SMILES string of the molecule is CC1CN(C(=O)C2CC2c2cccc(F)c2)CCN1. The van der Waals surface area contributed by atoms with Crippen molar-refractivity contribution in [3.63, 3.8) is 0 Å². The first-order valence-electron chi connectivity index (χ1n) is 6.93. The van der Waals surface area contributed by atoms with Crippen LogP contribution in [0.3, 0.4) is 0 Å². The Morgan fingerprint density at radius 2 is 2.32 bits per heavy atom. The Hall–Kier alpha value is -1.42. The van der Waals surface area contributed by atoms with Gasteiger partial charge in [0.25, 0.3) is 0 Å². The van der Waals surface area contributed by atoms with Gasteiger partial charge in [0.1, 0.15) is 5.82 Å². The molecule has 3 rings (SSSR count). The van der Waals surface area contributed by atoms with Crippen LogP contribution in [0.4, 0.5) is 4.39 Å². The molecule has 1 aliphatic carbocycles. The van der Waals surface area contributed by atoms with Crippen molar-refractivity contribution in [3.05, 3.63) is 35.6 Å². The third-order valence-corrected chi connectivity index (χ3v) is 4.06. The van der Waals surface area contributed by atoms with Crippen LogP contribution in [0.25, 0.3) is 0 Å². The van der Waals surface area contributed by atoms with Gasteiger partial charge >= 0.3 is 0 Å². The molecular formula is C15H19FN2O. The average molecular weight is 262 g/mol. The molecule has 1 saturated carbocycles. The second kappa shape index (κ2) is 4.93. The van der Waals surface area contributed by atoms with Gasteiger partial charge in [-0.05, 0) is 37.0 Å². The second-order valence-electron chi connectivity index (χ2n) is 5.64. The standard InChI is InChI=1S/C15H19FN2O/c1-10-9-18(6-5-17-10)15(19)14-8-13(14)11-3-2-4-12(16)7-11/h2-4,7,10,13-14,17H,5-6,8-9H2,1H3. The van der Waals surface area contributed by atoms with Gasteiger partial charge in [-0.2, -0.15) is 0 Å². The van der Waals surface area contributed by atoms with Crippen LogP contribution in [-0.2, 0) is 4.79 Å². The van der Waals surface area contributed by atoms with E-state index in [-0.39, 0.29) is 23.6 Å². The zero-order valence-electron chi connectivity index (χ0n) is 11.1. The van der Waals surface area contributed by atoms with Crippen molar-refractivity contribution in [2.75, 3.05) is 19.6 Å². The minimum Gasteiger partial charge on any atom is -0.340 e. The summed E-state index contributed by atoms with van der Waals surface area (Å²) in [7, 11) is 0. The summed E-state index contributed by atoms with van der Waals surface area (Å²) in [5.41, 5.74) is 0.960. The Morgan fingerprint density at radius 3 is 3.05 bits per heavy atom. The van der Waals surface area contributed by atoms with E-state index in [1.54, 1.807) is 12.1 Å². The highest BCUT2D eigenvalue weighted by atomic mass is 19.1. The number of hydrogen-bond donors (Lipinski definition) is 1. The van der Waals surface area contributed by atoms with Crippen molar-refractivity contribution < 1.29 is 9.18 Å². The van der Waals surface area contributed by atoms with Crippen molar-refractivity contribution in [3.8, 4) is 0 Å². The number of carbonyl (C=O) groups is 1. The first kappa shape index (κ1) is 12.6. The lowest BCUT2D eigenvalue weighted by Crippen LogP contribution is -2.51. The number of rotatable bonds is 2. The lowest BCUT2D eigenvalue weighted by atomic mass is 10.1. The van der Waals surface area contributed by atoms with E-state index in [1.165, 1.54) is 6.07 Å². The molecule has 1 amide bonds. The molecule has 1 aromatic carbocycles. The van der Waals surface area contributed by atoms with Crippen LogP contribution < -0.4 is 5.32 Å². The van der Waals surface area contributed by atoms with E-state index in [4.69, 9.17) is 0 Å². The monoisotopic (exact) mass is 262 g/mol. The topological polar surface area (TPSA) is 32.3 Å². The number of halogens is 1. The molecule has 1 N–H and O–H groups in total. The lowest BCUT2D eigenvalue weighted by molar-refractivity contribution is -0.133. The van der Waals surface area contributed by atoms with Crippen molar-refractivity contribution in [1.29, 1.82) is 0 Å². The second-order valence-corrected chi connectivity index (χ2v) is 5.64. The molecule has 3 unspecified atom stereocenters. The molecule has 1 aromatic rings. The molecule has 0 spiro atoms. The molecule has 2 fully saturated rings. The Morgan fingerprint density at radius 1 is 1.47 bits per heavy atom. The van der Waals surface area contributed by atoms with Gasteiger partial charge in [0, 0.05) is 31.6 Å². The van der Waals surface area contributed by atoms with E-state index in [2.05, 4.69) is 12.2 Å². The maximum atomic E-state index is 13.2. The normalized spacial score (nSPS) is 30.2. The highest BCUT2D eigenvalue weighted by Gasteiger charge is 2.46. The molecule has 0 aromatic heterocycles. The molecule has 2 aliphatic rings. The third-order valence-electron chi connectivity index (χ3n) is 4.06. The minimum atomic E-state index is -0.216. The van der Waals surface area contributed by atoms with E-state index in [1.807, 2.05) is 11.0 Å². The number of nitrogens with zero attached hydrogens (tertiary/aromatic N) is 1. The quantitative estimate of drug-likeness (QED) is 0.880. The van der Waals surface area contributed by atoms with Crippen molar-refractivity contribution in [2.45, 2.75) is 25.3 Å². The molecular weight excluding hydrogens is 243 g/mol. The van der Waals surface area contributed by atoms with E-state index in [0.29, 0.717) is 6.04 Å². The fourth-order valence-electron chi connectivity index (χ4n) is 2.94. The average Bonchev–Trinajstić information content (AvgIpc) is 3.18. The van der Waals surface area contributed by atoms with Crippen LogP contribution >= 0.6 is 0 Å². The summed E-state index contributed by atoms with van der Waals surface area (Å²) in [6.07, 6.45) is 0.862. The third kappa shape index (κ3) is 2.63. The van der Waals surface area contributed by atoms with Crippen molar-refractivity contribution in [1.82, 2.24) is 10.2 Å². The first-order valence-corrected chi connectivity index (χ1v) is 6.93. The van der Waals surface area contributed by atoms with Gasteiger partial charge in [-0.25, -0.2) is 4.39 Å². The summed E-state index contributed by atoms with van der Waals surface area (Å²) in [5, 5.41) is 3.33. The predicted octanol–water partition coefficient (Wildman–Crippen LogP) is 1.75. The van der Waals surface area contributed by atoms with Crippen LogP contribution in [0, 0.1) is 11.7 Å². The molecule has 4 heteroatoms. The first-order chi connectivity index (χ1) is 9.15. The Balaban J connectivity index is 1.64. The van der Waals surface area contributed by atoms with Crippen LogP contribution in [0.5, 0.6) is 0 Å². The van der Waals surface area contributed by atoms with Gasteiger partial charge in [0.05, 0.1) is 0 Å². The van der Waals surface area contributed by atoms with Crippen molar-refractivity contribution >= 4 is 5.91 Å². The Kier molecular flexibility index (Phi) is 3.27. The number of hydrogen-bond acceptors (Lipinski definition) is 2. The minimum absolute atomic E-state index is 0.0621. The van der Waals surface area contributed by atoms with Gasteiger partial charge < -0.3 is 10.2 Å². The molecule has 1 heterocycles. The number of carbonyl (C=O) groups excluding carboxylic acids is 1. The maximum Gasteiger partial charge on any atom is 0.226 e. The molecule has 3 nitrogen and oxygen atoms in total. The van der Waals surface area contributed by atoms with Gasteiger partial charge in [0.15, 0.2) is 0 Å². The molecule has 0 bridgehead atoms. The number of amides is 1. The summed E-state index contributed by atoms with van der Waals surface area (Å²) in [4.78, 5) is 14.3. The van der Waals surface area contributed by atoms with Gasteiger partial charge in [0.2, 0.25) is 5.91 Å². The van der Waals surface area contributed by atoms with Crippen molar-refractivity contribution in [2.24, 2.45) is 5.92 Å². The van der Waals surface area contributed by atoms with E-state index < -0.39 is 0 Å². The van der Waals surface area contributed by atoms with E-state index >= 15 is 0 Å². The largest absolute Gasteiger partial charge is 0.340 e. The molecule has 1 saturated heterocycles. The summed E-state index contributed by atoms with van der Waals surface area (Å²) in [6.45, 7) is 4.53.